The molecule has 8 nitrogen and oxygen atoms in total. The van der Waals surface area contributed by atoms with Gasteiger partial charge in [-0.1, -0.05) is 30.3 Å². The first kappa shape index (κ1) is 19.5. The van der Waals surface area contributed by atoms with Crippen LogP contribution in [-0.4, -0.2) is 18.4 Å². The van der Waals surface area contributed by atoms with Crippen LogP contribution in [0.4, 0.5) is 0 Å². The molecule has 2 N–H and O–H groups in total. The number of carbonyl (C=O) groups is 2. The third kappa shape index (κ3) is 5.61. The van der Waals surface area contributed by atoms with E-state index in [9.17, 15) is 9.59 Å². The molecule has 0 saturated heterocycles. The summed E-state index contributed by atoms with van der Waals surface area (Å²) in [6.07, 6.45) is 0. The quantitative estimate of drug-likeness (QED) is 0.599. The van der Waals surface area contributed by atoms with E-state index >= 15 is 0 Å². The number of hydrogen-bond donors (Lipinski definition) is 2. The van der Waals surface area contributed by atoms with Crippen molar-refractivity contribution in [2.45, 2.75) is 6.61 Å². The van der Waals surface area contributed by atoms with Crippen molar-refractivity contribution in [3.8, 4) is 17.6 Å². The summed E-state index contributed by atoms with van der Waals surface area (Å²) in [7, 11) is 0. The van der Waals surface area contributed by atoms with Crippen molar-refractivity contribution in [1.82, 2.24) is 10.9 Å². The van der Waals surface area contributed by atoms with Gasteiger partial charge in [0.05, 0.1) is 5.56 Å². The second-order valence-electron chi connectivity index (χ2n) is 5.77. The van der Waals surface area contributed by atoms with Crippen LogP contribution in [0.2, 0.25) is 0 Å². The van der Waals surface area contributed by atoms with Gasteiger partial charge in [-0.3, -0.25) is 20.4 Å². The van der Waals surface area contributed by atoms with Gasteiger partial charge in [0.15, 0.2) is 12.4 Å². The maximum absolute atomic E-state index is 12.1. The lowest BCUT2D eigenvalue weighted by Gasteiger charge is -2.08. The molecule has 0 aliphatic heterocycles. The summed E-state index contributed by atoms with van der Waals surface area (Å²) in [5.74, 6) is 0.229. The first-order chi connectivity index (χ1) is 14.2. The zero-order valence-electron chi connectivity index (χ0n) is 15.3. The van der Waals surface area contributed by atoms with Gasteiger partial charge in [-0.25, -0.2) is 0 Å². The third-order valence-corrected chi connectivity index (χ3v) is 3.69. The second kappa shape index (κ2) is 9.62. The fourth-order valence-corrected chi connectivity index (χ4v) is 2.30. The van der Waals surface area contributed by atoms with Crippen molar-refractivity contribution in [2.24, 2.45) is 0 Å². The molecule has 3 aromatic rings. The molecule has 2 amide bonds. The molecule has 1 heterocycles. The number of para-hydroxylation sites is 2. The minimum atomic E-state index is -0.623. The maximum Gasteiger partial charge on any atom is 0.305 e. The van der Waals surface area contributed by atoms with E-state index in [4.69, 9.17) is 19.2 Å². The van der Waals surface area contributed by atoms with Crippen molar-refractivity contribution < 1.29 is 23.5 Å². The first-order valence-electron chi connectivity index (χ1n) is 8.63. The SMILES string of the molecule is N#Cc1ccccc1OCC(=O)NNC(=O)c1ccc(COc2ccccc2)o1. The Morgan fingerprint density at radius 3 is 2.48 bits per heavy atom. The third-order valence-electron chi connectivity index (χ3n) is 3.69. The van der Waals surface area contributed by atoms with Crippen LogP contribution in [0.15, 0.2) is 71.1 Å². The zero-order valence-corrected chi connectivity index (χ0v) is 15.3. The number of rotatable bonds is 7. The van der Waals surface area contributed by atoms with Crippen molar-refractivity contribution in [1.29, 1.82) is 5.26 Å². The van der Waals surface area contributed by atoms with Crippen LogP contribution in [0.5, 0.6) is 11.5 Å². The van der Waals surface area contributed by atoms with Gasteiger partial charge in [-0.2, -0.15) is 5.26 Å². The van der Waals surface area contributed by atoms with Gasteiger partial charge in [0.25, 0.3) is 5.91 Å². The summed E-state index contributed by atoms with van der Waals surface area (Å²) in [6.45, 7) is -0.205. The molecule has 3 rings (SSSR count). The van der Waals surface area contributed by atoms with Gasteiger partial charge in [-0.05, 0) is 36.4 Å². The molecule has 1 aromatic heterocycles. The van der Waals surface area contributed by atoms with E-state index in [-0.39, 0.29) is 24.7 Å². The molecular formula is C21H17N3O5. The summed E-state index contributed by atoms with van der Waals surface area (Å²) in [5, 5.41) is 8.98. The minimum Gasteiger partial charge on any atom is -0.486 e. The topological polar surface area (TPSA) is 114 Å². The Balaban J connectivity index is 1.44. The van der Waals surface area contributed by atoms with E-state index in [1.807, 2.05) is 36.4 Å². The number of hydrazine groups is 1. The van der Waals surface area contributed by atoms with Crippen LogP contribution in [0.3, 0.4) is 0 Å². The number of carbonyl (C=O) groups excluding carboxylic acids is 2. The fraction of sp³-hybridized carbons (Fsp3) is 0.0952. The Labute approximate surface area is 166 Å². The van der Waals surface area contributed by atoms with Gasteiger partial charge in [-0.15, -0.1) is 0 Å². The molecule has 0 aliphatic rings. The number of hydrogen-bond acceptors (Lipinski definition) is 6. The Hall–Kier alpha value is -4.25. The molecule has 0 saturated carbocycles. The lowest BCUT2D eigenvalue weighted by molar-refractivity contribution is -0.123. The summed E-state index contributed by atoms with van der Waals surface area (Å²) < 4.78 is 16.2. The normalized spacial score (nSPS) is 9.90. The highest BCUT2D eigenvalue weighted by Crippen LogP contribution is 2.16. The highest BCUT2D eigenvalue weighted by Gasteiger charge is 2.13. The number of benzene rings is 2. The van der Waals surface area contributed by atoms with Crippen LogP contribution in [0, 0.1) is 11.3 Å². The predicted molar refractivity (Wildman–Crippen MR) is 102 cm³/mol. The highest BCUT2D eigenvalue weighted by molar-refractivity contribution is 5.93. The van der Waals surface area contributed by atoms with E-state index in [1.165, 1.54) is 6.07 Å². The second-order valence-corrected chi connectivity index (χ2v) is 5.77. The molecule has 0 bridgehead atoms. The molecule has 0 aliphatic carbocycles. The molecule has 2 aromatic carbocycles. The Kier molecular flexibility index (Phi) is 6.47. The van der Waals surface area contributed by atoms with E-state index in [2.05, 4.69) is 10.9 Å². The number of nitriles is 1. The van der Waals surface area contributed by atoms with Crippen LogP contribution in [0.1, 0.15) is 21.9 Å². The first-order valence-corrected chi connectivity index (χ1v) is 8.63. The number of ether oxygens (including phenoxy) is 2. The molecule has 0 spiro atoms. The number of nitrogens with zero attached hydrogens (tertiary/aromatic N) is 1. The Morgan fingerprint density at radius 1 is 0.931 bits per heavy atom. The van der Waals surface area contributed by atoms with Crippen LogP contribution < -0.4 is 20.3 Å². The average Bonchev–Trinajstić information content (AvgIpc) is 3.24. The van der Waals surface area contributed by atoms with Crippen molar-refractivity contribution in [3.63, 3.8) is 0 Å². The van der Waals surface area contributed by atoms with Gasteiger partial charge in [0, 0.05) is 0 Å². The van der Waals surface area contributed by atoms with E-state index in [1.54, 1.807) is 30.3 Å². The van der Waals surface area contributed by atoms with Crippen molar-refractivity contribution in [3.05, 3.63) is 83.8 Å². The van der Waals surface area contributed by atoms with Gasteiger partial charge in [0.1, 0.15) is 29.9 Å². The maximum atomic E-state index is 12.1. The molecule has 8 heteroatoms. The van der Waals surface area contributed by atoms with E-state index in [0.717, 1.165) is 0 Å². The smallest absolute Gasteiger partial charge is 0.305 e. The van der Waals surface area contributed by atoms with Crippen LogP contribution in [0.25, 0.3) is 0 Å². The number of amides is 2. The van der Waals surface area contributed by atoms with Crippen LogP contribution >= 0.6 is 0 Å². The summed E-state index contributed by atoms with van der Waals surface area (Å²) in [4.78, 5) is 23.9. The standard InChI is InChI=1S/C21H17N3O5/c22-12-15-6-4-5-9-18(15)28-14-20(25)23-24-21(26)19-11-10-17(29-19)13-27-16-7-2-1-3-8-16/h1-11H,13-14H2,(H,23,25)(H,24,26). The lowest BCUT2D eigenvalue weighted by atomic mass is 10.2. The Morgan fingerprint density at radius 2 is 1.69 bits per heavy atom. The largest absolute Gasteiger partial charge is 0.486 e. The molecule has 0 atom stereocenters. The van der Waals surface area contributed by atoms with Gasteiger partial charge in [0.2, 0.25) is 0 Å². The summed E-state index contributed by atoms with van der Waals surface area (Å²) in [5.41, 5.74) is 4.76. The summed E-state index contributed by atoms with van der Waals surface area (Å²) >= 11 is 0. The predicted octanol–water partition coefficient (Wildman–Crippen LogP) is 2.57. The fourth-order valence-electron chi connectivity index (χ4n) is 2.30. The molecule has 146 valence electrons. The lowest BCUT2D eigenvalue weighted by Crippen LogP contribution is -2.43. The van der Waals surface area contributed by atoms with Gasteiger partial charge < -0.3 is 13.9 Å². The minimum absolute atomic E-state index is 0.0210. The molecule has 0 unspecified atom stereocenters. The molecule has 0 fully saturated rings. The van der Waals surface area contributed by atoms with Crippen molar-refractivity contribution >= 4 is 11.8 Å². The van der Waals surface area contributed by atoms with Crippen LogP contribution in [-0.2, 0) is 11.4 Å². The average molecular weight is 391 g/mol. The van der Waals surface area contributed by atoms with E-state index < -0.39 is 11.8 Å². The number of furan rings is 1. The molecular weight excluding hydrogens is 374 g/mol. The highest BCUT2D eigenvalue weighted by atomic mass is 16.5. The van der Waals surface area contributed by atoms with E-state index in [0.29, 0.717) is 17.1 Å². The Bertz CT molecular complexity index is 1020. The zero-order chi connectivity index (χ0) is 20.5. The van der Waals surface area contributed by atoms with Crippen molar-refractivity contribution in [2.75, 3.05) is 6.61 Å². The summed E-state index contributed by atoms with van der Waals surface area (Å²) in [6, 6.07) is 20.8. The number of nitrogens with one attached hydrogen (secondary N) is 2. The monoisotopic (exact) mass is 391 g/mol. The van der Waals surface area contributed by atoms with Gasteiger partial charge >= 0.3 is 5.91 Å². The molecule has 0 radical (unpaired) electrons. The molecule has 29 heavy (non-hydrogen) atoms.